The fraction of sp³-hybridized carbons (Fsp3) is 0.0526. The first kappa shape index (κ1) is 41.2. The molecule has 6 aromatic heterocycles. The summed E-state index contributed by atoms with van der Waals surface area (Å²) in [4.78, 5) is 40.7. The minimum Gasteiger partial charge on any atom is -0.325 e. The largest absolute Gasteiger partial charge is 0.417 e. The predicted octanol–water partition coefficient (Wildman–Crippen LogP) is 8.99. The first-order valence-electron chi connectivity index (χ1n) is 16.7. The summed E-state index contributed by atoms with van der Waals surface area (Å²) >= 11 is 3.25. The Labute approximate surface area is 337 Å². The number of pyridine rings is 4. The number of anilines is 6. The monoisotopic (exact) mass is 874 g/mol. The molecule has 59 heavy (non-hydrogen) atoms. The van der Waals surface area contributed by atoms with Crippen LogP contribution in [0.5, 0.6) is 0 Å². The minimum atomic E-state index is -4.47. The summed E-state index contributed by atoms with van der Waals surface area (Å²) in [5.74, 6) is -0.0136. The molecule has 0 spiro atoms. The molecule has 0 saturated carbocycles. The molecule has 0 radical (unpaired) electrons. The number of alkyl halides is 6. The first-order valence-corrected chi connectivity index (χ1v) is 17.5. The van der Waals surface area contributed by atoms with Crippen LogP contribution in [-0.2, 0) is 12.4 Å². The molecular weight excluding hydrogens is 850 g/mol. The zero-order valence-electron chi connectivity index (χ0n) is 29.7. The molecule has 0 aliphatic rings. The lowest BCUT2D eigenvalue weighted by Gasteiger charge is -2.11. The maximum atomic E-state index is 12.8. The van der Waals surface area contributed by atoms with Crippen molar-refractivity contribution < 1.29 is 35.9 Å². The average molecular weight is 876 g/mol. The zero-order chi connectivity index (χ0) is 42.0. The van der Waals surface area contributed by atoms with Crippen molar-refractivity contribution in [1.29, 1.82) is 0 Å². The van der Waals surface area contributed by atoms with E-state index in [1.54, 1.807) is 6.20 Å². The van der Waals surface area contributed by atoms with Crippen LogP contribution in [0.1, 0.15) is 31.8 Å². The minimum absolute atomic E-state index is 0.160. The normalized spacial score (nSPS) is 11.1. The number of rotatable bonds is 9. The second kappa shape index (κ2) is 18.2. The zero-order valence-corrected chi connectivity index (χ0v) is 31.3. The summed E-state index contributed by atoms with van der Waals surface area (Å²) in [5.41, 5.74) is 1.33. The van der Waals surface area contributed by atoms with Gasteiger partial charge in [0.25, 0.3) is 11.8 Å². The molecule has 0 bridgehead atoms. The molecule has 0 atom stereocenters. The third-order valence-corrected chi connectivity index (χ3v) is 8.36. The molecule has 2 amide bonds. The molecule has 21 heteroatoms. The highest BCUT2D eigenvalue weighted by atomic mass is 79.9. The molecule has 14 nitrogen and oxygen atoms in total. The lowest BCUT2D eigenvalue weighted by molar-refractivity contribution is -0.138. The van der Waals surface area contributed by atoms with Gasteiger partial charge in [0.2, 0.25) is 0 Å². The molecule has 1 aromatic carbocycles. The van der Waals surface area contributed by atoms with E-state index in [4.69, 9.17) is 0 Å². The van der Waals surface area contributed by atoms with E-state index < -0.39 is 35.3 Å². The Morgan fingerprint density at radius 2 is 0.983 bits per heavy atom. The van der Waals surface area contributed by atoms with Crippen molar-refractivity contribution in [3.8, 4) is 11.1 Å². The number of nitrogens with zero attached hydrogens (tertiary/aromatic N) is 8. The summed E-state index contributed by atoms with van der Waals surface area (Å²) in [6.07, 6.45) is 1.13. The van der Waals surface area contributed by atoms with Crippen molar-refractivity contribution in [2.24, 2.45) is 0 Å². The van der Waals surface area contributed by atoms with Crippen LogP contribution >= 0.6 is 15.9 Å². The van der Waals surface area contributed by atoms with Gasteiger partial charge in [-0.15, -0.1) is 0 Å². The quantitative estimate of drug-likeness (QED) is 0.101. The van der Waals surface area contributed by atoms with Crippen LogP contribution in [0.3, 0.4) is 0 Å². The Morgan fingerprint density at radius 3 is 1.46 bits per heavy atom. The molecule has 0 aliphatic heterocycles. The van der Waals surface area contributed by atoms with Crippen LogP contribution in [0.25, 0.3) is 11.1 Å². The molecule has 7 rings (SSSR count). The van der Waals surface area contributed by atoms with Gasteiger partial charge in [-0.05, 0) is 70.0 Å². The highest BCUT2D eigenvalue weighted by molar-refractivity contribution is 9.10. The molecule has 7 aromatic rings. The summed E-state index contributed by atoms with van der Waals surface area (Å²) < 4.78 is 76.3. The van der Waals surface area contributed by atoms with Gasteiger partial charge in [0.1, 0.15) is 23.3 Å². The predicted molar refractivity (Wildman–Crippen MR) is 207 cm³/mol. The van der Waals surface area contributed by atoms with Crippen LogP contribution in [0.15, 0.2) is 133 Å². The highest BCUT2D eigenvalue weighted by Gasteiger charge is 2.31. The van der Waals surface area contributed by atoms with Crippen molar-refractivity contribution in [2.45, 2.75) is 12.4 Å². The van der Waals surface area contributed by atoms with Gasteiger partial charge in [0.05, 0.1) is 51.8 Å². The lowest BCUT2D eigenvalue weighted by atomic mass is 10.1. The van der Waals surface area contributed by atoms with Gasteiger partial charge in [-0.3, -0.25) is 9.59 Å². The smallest absolute Gasteiger partial charge is 0.325 e. The van der Waals surface area contributed by atoms with Crippen LogP contribution in [0.4, 0.5) is 61.0 Å². The van der Waals surface area contributed by atoms with E-state index >= 15 is 0 Å². The van der Waals surface area contributed by atoms with Gasteiger partial charge in [0.15, 0.2) is 0 Å². The Morgan fingerprint density at radius 1 is 0.508 bits per heavy atom. The second-order valence-corrected chi connectivity index (χ2v) is 12.7. The molecule has 6 heterocycles. The number of carbonyl (C=O) groups is 2. The van der Waals surface area contributed by atoms with Crippen molar-refractivity contribution >= 4 is 62.4 Å². The highest BCUT2D eigenvalue weighted by Crippen LogP contribution is 2.31. The maximum Gasteiger partial charge on any atom is 0.417 e. The topological polar surface area (TPSA) is 185 Å². The molecule has 0 fully saturated rings. The van der Waals surface area contributed by atoms with Crippen molar-refractivity contribution in [1.82, 2.24) is 40.3 Å². The Hall–Kier alpha value is -7.42. The molecule has 4 N–H and O–H groups in total. The van der Waals surface area contributed by atoms with Gasteiger partial charge in [-0.25, -0.2) is 19.9 Å². The number of nitrogens with one attached hydrogen (secondary N) is 4. The van der Waals surface area contributed by atoms with Crippen LogP contribution < -0.4 is 21.3 Å². The van der Waals surface area contributed by atoms with E-state index in [-0.39, 0.29) is 34.4 Å². The fourth-order valence-corrected chi connectivity index (χ4v) is 5.16. The first-order chi connectivity index (χ1) is 28.2. The molecule has 0 unspecified atom stereocenters. The number of hydrogen-bond acceptors (Lipinski definition) is 12. The standard InChI is InChI=1S/C22H15F3N6O.C16H10BrF3N6O/c23-22(24,25)16-6-7-19(27-11-16)31-20-10-15(8-9-26-20)21(32)30-18-13-29-28-12-17(18)14-4-2-1-3-5-14;17-11-7-23-24-8-12(11)25-15(27)9-3-4-21-14(5-9)26-13-2-1-10(6-22-13)16(18,19)20/h1-13H,(H,26,27,31)(H,28,30,32);1-8H,(H,21,22,26)(H,23,25,27). The number of carbonyl (C=O) groups excluding carboxylic acids is 2. The van der Waals surface area contributed by atoms with Gasteiger partial charge >= 0.3 is 12.4 Å². The number of amides is 2. The Balaban J connectivity index is 0.000000201. The molecule has 298 valence electrons. The van der Waals surface area contributed by atoms with Gasteiger partial charge < -0.3 is 21.3 Å². The lowest BCUT2D eigenvalue weighted by Crippen LogP contribution is -2.13. The number of hydrogen-bond donors (Lipinski definition) is 4. The van der Waals surface area contributed by atoms with E-state index in [0.717, 1.165) is 23.9 Å². The Bertz CT molecular complexity index is 2550. The number of aromatic nitrogens is 8. The number of halogens is 7. The van der Waals surface area contributed by atoms with Gasteiger partial charge in [0, 0.05) is 41.5 Å². The van der Waals surface area contributed by atoms with Crippen molar-refractivity contribution in [2.75, 3.05) is 21.3 Å². The molecular formula is C38H25BrF6N12O2. The van der Waals surface area contributed by atoms with Crippen LogP contribution in [0.2, 0.25) is 0 Å². The third-order valence-electron chi connectivity index (χ3n) is 7.73. The van der Waals surface area contributed by atoms with Crippen molar-refractivity contribution in [3.63, 3.8) is 0 Å². The maximum absolute atomic E-state index is 12.8. The number of benzene rings is 1. The van der Waals surface area contributed by atoms with Gasteiger partial charge in [-0.1, -0.05) is 30.3 Å². The van der Waals surface area contributed by atoms with Crippen molar-refractivity contribution in [3.05, 3.63) is 155 Å². The van der Waals surface area contributed by atoms with E-state index in [2.05, 4.69) is 77.5 Å². The summed E-state index contributed by atoms with van der Waals surface area (Å²) in [6.45, 7) is 0. The van der Waals surface area contributed by atoms with Crippen LogP contribution in [-0.4, -0.2) is 52.1 Å². The van der Waals surface area contributed by atoms with Gasteiger partial charge in [-0.2, -0.15) is 46.7 Å². The summed E-state index contributed by atoms with van der Waals surface area (Å²) in [6, 6.07) is 19.5. The fourth-order valence-electron chi connectivity index (χ4n) is 4.87. The molecule has 0 saturated heterocycles. The second-order valence-electron chi connectivity index (χ2n) is 11.8. The van der Waals surface area contributed by atoms with E-state index in [0.29, 0.717) is 27.6 Å². The third kappa shape index (κ3) is 11.3. The van der Waals surface area contributed by atoms with E-state index in [9.17, 15) is 35.9 Å². The van der Waals surface area contributed by atoms with E-state index in [1.165, 1.54) is 67.4 Å². The van der Waals surface area contributed by atoms with E-state index in [1.807, 2.05) is 30.3 Å². The Kier molecular flexibility index (Phi) is 12.7. The van der Waals surface area contributed by atoms with Crippen LogP contribution in [0, 0.1) is 0 Å². The average Bonchev–Trinajstić information content (AvgIpc) is 3.22. The summed E-state index contributed by atoms with van der Waals surface area (Å²) in [7, 11) is 0. The molecule has 0 aliphatic carbocycles. The summed E-state index contributed by atoms with van der Waals surface area (Å²) in [5, 5.41) is 26.1. The SMILES string of the molecule is O=C(Nc1cnncc1-c1ccccc1)c1ccnc(Nc2ccc(C(F)(F)F)cn2)c1.O=C(Nc1cnncc1Br)c1ccnc(Nc2ccc(C(F)(F)F)cn2)c1.